The standard InChI is InChI=1S/C14H22N2O/c1-10-7-8-11(2)12(9-10)16(6)13(17)14(3,4)15-5/h7-9,15H,1-6H3. The van der Waals surface area contributed by atoms with Crippen LogP contribution in [0.25, 0.3) is 0 Å². The predicted molar refractivity (Wildman–Crippen MR) is 72.5 cm³/mol. The molecule has 0 unspecified atom stereocenters. The molecule has 0 fully saturated rings. The molecule has 0 aliphatic carbocycles. The van der Waals surface area contributed by atoms with Gasteiger partial charge in [0.25, 0.3) is 0 Å². The first kappa shape index (κ1) is 13.7. The summed E-state index contributed by atoms with van der Waals surface area (Å²) in [4.78, 5) is 14.0. The maximum absolute atomic E-state index is 12.3. The fourth-order valence-electron chi connectivity index (χ4n) is 1.72. The second-order valence-electron chi connectivity index (χ2n) is 5.03. The predicted octanol–water partition coefficient (Wildman–Crippen LogP) is 2.26. The molecule has 94 valence electrons. The van der Waals surface area contributed by atoms with Crippen molar-refractivity contribution in [3.05, 3.63) is 29.3 Å². The van der Waals surface area contributed by atoms with Gasteiger partial charge in [-0.25, -0.2) is 0 Å². The topological polar surface area (TPSA) is 32.3 Å². The molecule has 0 saturated heterocycles. The van der Waals surface area contributed by atoms with Gasteiger partial charge in [-0.15, -0.1) is 0 Å². The second-order valence-corrected chi connectivity index (χ2v) is 5.03. The summed E-state index contributed by atoms with van der Waals surface area (Å²) in [7, 11) is 3.62. The zero-order chi connectivity index (χ0) is 13.2. The molecular formula is C14H22N2O. The molecule has 1 aromatic carbocycles. The lowest BCUT2D eigenvalue weighted by atomic mass is 10.0. The fraction of sp³-hybridized carbons (Fsp3) is 0.500. The van der Waals surface area contributed by atoms with E-state index in [0.717, 1.165) is 16.8 Å². The second kappa shape index (κ2) is 4.88. The largest absolute Gasteiger partial charge is 0.314 e. The summed E-state index contributed by atoms with van der Waals surface area (Å²) in [6, 6.07) is 6.14. The van der Waals surface area contributed by atoms with Crippen molar-refractivity contribution in [2.45, 2.75) is 33.2 Å². The van der Waals surface area contributed by atoms with Crippen LogP contribution in [0.4, 0.5) is 5.69 Å². The highest BCUT2D eigenvalue weighted by Gasteiger charge is 2.29. The monoisotopic (exact) mass is 234 g/mol. The Hall–Kier alpha value is -1.35. The number of anilines is 1. The minimum absolute atomic E-state index is 0.0636. The highest BCUT2D eigenvalue weighted by Crippen LogP contribution is 2.22. The van der Waals surface area contributed by atoms with Crippen LogP contribution in [-0.2, 0) is 4.79 Å². The Morgan fingerprint density at radius 1 is 1.29 bits per heavy atom. The van der Waals surface area contributed by atoms with Gasteiger partial charge >= 0.3 is 0 Å². The van der Waals surface area contributed by atoms with Gasteiger partial charge in [-0.2, -0.15) is 0 Å². The third kappa shape index (κ3) is 2.86. The van der Waals surface area contributed by atoms with Crippen molar-refractivity contribution < 1.29 is 4.79 Å². The van der Waals surface area contributed by atoms with Crippen LogP contribution in [0.3, 0.4) is 0 Å². The van der Waals surface area contributed by atoms with E-state index in [1.807, 2.05) is 46.9 Å². The van der Waals surface area contributed by atoms with E-state index >= 15 is 0 Å². The number of amides is 1. The maximum atomic E-state index is 12.3. The van der Waals surface area contributed by atoms with E-state index in [9.17, 15) is 4.79 Å². The van der Waals surface area contributed by atoms with Crippen LogP contribution in [0.1, 0.15) is 25.0 Å². The van der Waals surface area contributed by atoms with Crippen molar-refractivity contribution in [1.82, 2.24) is 5.32 Å². The summed E-state index contributed by atoms with van der Waals surface area (Å²) in [5.41, 5.74) is 2.69. The van der Waals surface area contributed by atoms with Gasteiger partial charge in [0, 0.05) is 12.7 Å². The number of aryl methyl sites for hydroxylation is 2. The van der Waals surface area contributed by atoms with Crippen LogP contribution in [0, 0.1) is 13.8 Å². The van der Waals surface area contributed by atoms with Crippen molar-refractivity contribution in [2.75, 3.05) is 19.0 Å². The Balaban J connectivity index is 3.08. The van der Waals surface area contributed by atoms with Crippen LogP contribution in [0.2, 0.25) is 0 Å². The van der Waals surface area contributed by atoms with Gasteiger partial charge < -0.3 is 10.2 Å². The normalized spacial score (nSPS) is 11.4. The third-order valence-corrected chi connectivity index (χ3v) is 3.19. The van der Waals surface area contributed by atoms with Gasteiger partial charge in [0.1, 0.15) is 0 Å². The molecule has 1 aromatic rings. The molecule has 0 aromatic heterocycles. The molecular weight excluding hydrogens is 212 g/mol. The van der Waals surface area contributed by atoms with Gasteiger partial charge in [-0.1, -0.05) is 12.1 Å². The van der Waals surface area contributed by atoms with Crippen LogP contribution >= 0.6 is 0 Å². The van der Waals surface area contributed by atoms with Gasteiger partial charge in [-0.3, -0.25) is 4.79 Å². The van der Waals surface area contributed by atoms with Crippen molar-refractivity contribution in [1.29, 1.82) is 0 Å². The molecule has 0 spiro atoms. The van der Waals surface area contributed by atoms with E-state index in [2.05, 4.69) is 11.4 Å². The van der Waals surface area contributed by atoms with E-state index in [-0.39, 0.29) is 5.91 Å². The number of rotatable bonds is 3. The van der Waals surface area contributed by atoms with Crippen LogP contribution in [0.15, 0.2) is 18.2 Å². The molecule has 3 heteroatoms. The quantitative estimate of drug-likeness (QED) is 0.870. The number of nitrogens with zero attached hydrogens (tertiary/aromatic N) is 1. The third-order valence-electron chi connectivity index (χ3n) is 3.19. The molecule has 3 nitrogen and oxygen atoms in total. The van der Waals surface area contributed by atoms with Crippen molar-refractivity contribution in [3.8, 4) is 0 Å². The van der Waals surface area contributed by atoms with Gasteiger partial charge in [0.2, 0.25) is 5.91 Å². The van der Waals surface area contributed by atoms with Gasteiger partial charge in [-0.05, 0) is 51.9 Å². The number of likely N-dealkylation sites (N-methyl/N-ethyl adjacent to an activating group) is 2. The van der Waals surface area contributed by atoms with Crippen molar-refractivity contribution in [3.63, 3.8) is 0 Å². The van der Waals surface area contributed by atoms with E-state index in [1.165, 1.54) is 0 Å². The lowest BCUT2D eigenvalue weighted by molar-refractivity contribution is -0.123. The van der Waals surface area contributed by atoms with E-state index < -0.39 is 5.54 Å². The summed E-state index contributed by atoms with van der Waals surface area (Å²) in [5.74, 6) is 0.0636. The van der Waals surface area contributed by atoms with E-state index in [0.29, 0.717) is 0 Å². The molecule has 1 rings (SSSR count). The molecule has 0 aliphatic rings. The SMILES string of the molecule is CNC(C)(C)C(=O)N(C)c1cc(C)ccc1C. The van der Waals surface area contributed by atoms with Crippen molar-refractivity contribution >= 4 is 11.6 Å². The first-order valence-electron chi connectivity index (χ1n) is 5.84. The number of benzene rings is 1. The van der Waals surface area contributed by atoms with Crippen LogP contribution < -0.4 is 10.2 Å². The Morgan fingerprint density at radius 2 is 1.88 bits per heavy atom. The summed E-state index contributed by atoms with van der Waals surface area (Å²) in [6.45, 7) is 7.82. The summed E-state index contributed by atoms with van der Waals surface area (Å²) in [5, 5.41) is 3.03. The molecule has 1 N–H and O–H groups in total. The smallest absolute Gasteiger partial charge is 0.246 e. The molecule has 17 heavy (non-hydrogen) atoms. The van der Waals surface area contributed by atoms with Crippen LogP contribution in [0.5, 0.6) is 0 Å². The number of hydrogen-bond acceptors (Lipinski definition) is 2. The minimum Gasteiger partial charge on any atom is -0.314 e. The number of carbonyl (C=O) groups is 1. The molecule has 0 radical (unpaired) electrons. The first-order valence-corrected chi connectivity index (χ1v) is 5.84. The highest BCUT2D eigenvalue weighted by atomic mass is 16.2. The highest BCUT2D eigenvalue weighted by molar-refractivity contribution is 5.99. The lowest BCUT2D eigenvalue weighted by Crippen LogP contribution is -2.52. The Bertz CT molecular complexity index is 424. The van der Waals surface area contributed by atoms with Gasteiger partial charge in [0.05, 0.1) is 5.54 Å². The number of carbonyl (C=O) groups excluding carboxylic acids is 1. The first-order chi connectivity index (χ1) is 7.79. The Kier molecular flexibility index (Phi) is 3.94. The zero-order valence-corrected chi connectivity index (χ0v) is 11.6. The zero-order valence-electron chi connectivity index (χ0n) is 11.6. The number of nitrogens with one attached hydrogen (secondary N) is 1. The Morgan fingerprint density at radius 3 is 2.41 bits per heavy atom. The minimum atomic E-state index is -0.551. The summed E-state index contributed by atoms with van der Waals surface area (Å²) < 4.78 is 0. The van der Waals surface area contributed by atoms with Gasteiger partial charge in [0.15, 0.2) is 0 Å². The maximum Gasteiger partial charge on any atom is 0.246 e. The molecule has 1 amide bonds. The van der Waals surface area contributed by atoms with Crippen molar-refractivity contribution in [2.24, 2.45) is 0 Å². The molecule has 0 atom stereocenters. The molecule has 0 bridgehead atoms. The molecule has 0 saturated carbocycles. The molecule has 0 aliphatic heterocycles. The average Bonchev–Trinajstić information content (AvgIpc) is 2.30. The average molecular weight is 234 g/mol. The fourth-order valence-corrected chi connectivity index (χ4v) is 1.72. The summed E-state index contributed by atoms with van der Waals surface area (Å²) in [6.07, 6.45) is 0. The lowest BCUT2D eigenvalue weighted by Gasteiger charge is -2.30. The summed E-state index contributed by atoms with van der Waals surface area (Å²) >= 11 is 0. The van der Waals surface area contributed by atoms with Crippen LogP contribution in [-0.4, -0.2) is 25.5 Å². The Labute approximate surface area is 104 Å². The van der Waals surface area contributed by atoms with E-state index in [1.54, 1.807) is 11.9 Å². The number of hydrogen-bond donors (Lipinski definition) is 1. The molecule has 0 heterocycles. The van der Waals surface area contributed by atoms with E-state index in [4.69, 9.17) is 0 Å².